The first-order chi connectivity index (χ1) is 12.1. The quantitative estimate of drug-likeness (QED) is 0.390. The third kappa shape index (κ3) is 6.97. The molecule has 0 spiro atoms. The van der Waals surface area contributed by atoms with E-state index >= 15 is 0 Å². The third-order valence-corrected chi connectivity index (χ3v) is 5.99. The molecule has 0 aliphatic heterocycles. The van der Waals surface area contributed by atoms with Crippen LogP contribution in [0.1, 0.15) is 11.1 Å². The van der Waals surface area contributed by atoms with Crippen molar-refractivity contribution in [2.75, 3.05) is 26.9 Å². The molecule has 1 atom stereocenters. The Balaban J connectivity index is 1.83. The van der Waals surface area contributed by atoms with Gasteiger partial charge in [-0.25, -0.2) is 4.67 Å². The van der Waals surface area contributed by atoms with Gasteiger partial charge in [-0.15, -0.1) is 0 Å². The van der Waals surface area contributed by atoms with Crippen molar-refractivity contribution in [1.82, 2.24) is 9.99 Å². The van der Waals surface area contributed by atoms with Crippen LogP contribution in [-0.2, 0) is 22.2 Å². The molecular formula is C20H27N2O2P. The average Bonchev–Trinajstić information content (AvgIpc) is 2.65. The van der Waals surface area contributed by atoms with Crippen molar-refractivity contribution in [3.8, 4) is 0 Å². The van der Waals surface area contributed by atoms with Crippen LogP contribution in [0.4, 0.5) is 0 Å². The first-order valence-corrected chi connectivity index (χ1v) is 10.5. The summed E-state index contributed by atoms with van der Waals surface area (Å²) >= 11 is 0. The summed E-state index contributed by atoms with van der Waals surface area (Å²) in [6, 6.07) is 20.3. The van der Waals surface area contributed by atoms with Crippen LogP contribution in [0.15, 0.2) is 72.8 Å². The van der Waals surface area contributed by atoms with E-state index in [0.29, 0.717) is 13.1 Å². The van der Waals surface area contributed by atoms with Gasteiger partial charge in [0, 0.05) is 40.0 Å². The number of hydrogen-bond donors (Lipinski definition) is 1. The molecule has 2 aromatic rings. The Bertz CT molecular complexity index is 689. The SMILES string of the molecule is COP(C)(=O)N(C/C=C\CNCc1ccccc1)Cc1ccccc1. The van der Waals surface area contributed by atoms with Gasteiger partial charge < -0.3 is 9.84 Å². The van der Waals surface area contributed by atoms with Crippen molar-refractivity contribution in [2.24, 2.45) is 0 Å². The zero-order valence-corrected chi connectivity index (χ0v) is 15.9. The highest BCUT2D eigenvalue weighted by Gasteiger charge is 2.23. The van der Waals surface area contributed by atoms with E-state index in [2.05, 4.69) is 23.5 Å². The van der Waals surface area contributed by atoms with Crippen LogP contribution in [-0.4, -0.2) is 31.5 Å². The zero-order valence-electron chi connectivity index (χ0n) is 15.0. The van der Waals surface area contributed by atoms with Crippen LogP contribution < -0.4 is 5.32 Å². The maximum absolute atomic E-state index is 12.6. The molecule has 0 aliphatic carbocycles. The first kappa shape index (κ1) is 19.6. The fourth-order valence-corrected chi connectivity index (χ4v) is 3.47. The van der Waals surface area contributed by atoms with E-state index < -0.39 is 7.52 Å². The van der Waals surface area contributed by atoms with Gasteiger partial charge in [-0.3, -0.25) is 4.57 Å². The minimum Gasteiger partial charge on any atom is -0.321 e. The normalized spacial score (nSPS) is 14.0. The van der Waals surface area contributed by atoms with Gasteiger partial charge in [0.1, 0.15) is 0 Å². The lowest BCUT2D eigenvalue weighted by atomic mass is 10.2. The van der Waals surface area contributed by atoms with Crippen molar-refractivity contribution in [1.29, 1.82) is 0 Å². The topological polar surface area (TPSA) is 41.6 Å². The van der Waals surface area contributed by atoms with Crippen LogP contribution in [0.25, 0.3) is 0 Å². The van der Waals surface area contributed by atoms with Crippen LogP contribution in [0.5, 0.6) is 0 Å². The van der Waals surface area contributed by atoms with E-state index in [9.17, 15) is 4.57 Å². The second kappa shape index (κ2) is 10.3. The van der Waals surface area contributed by atoms with Gasteiger partial charge in [-0.2, -0.15) is 0 Å². The highest BCUT2D eigenvalue weighted by atomic mass is 31.2. The summed E-state index contributed by atoms with van der Waals surface area (Å²) in [4.78, 5) is 0. The Morgan fingerprint density at radius 2 is 1.60 bits per heavy atom. The highest BCUT2D eigenvalue weighted by molar-refractivity contribution is 7.55. The summed E-state index contributed by atoms with van der Waals surface area (Å²) in [6.45, 7) is 4.46. The molecule has 0 bridgehead atoms. The Morgan fingerprint density at radius 3 is 2.20 bits per heavy atom. The van der Waals surface area contributed by atoms with Crippen molar-refractivity contribution < 1.29 is 9.09 Å². The monoisotopic (exact) mass is 358 g/mol. The molecule has 0 heterocycles. The molecule has 0 fully saturated rings. The molecule has 2 aromatic carbocycles. The van der Waals surface area contributed by atoms with E-state index in [1.807, 2.05) is 59.3 Å². The van der Waals surface area contributed by atoms with E-state index in [0.717, 1.165) is 18.7 Å². The number of benzene rings is 2. The molecule has 25 heavy (non-hydrogen) atoms. The van der Waals surface area contributed by atoms with Crippen molar-refractivity contribution >= 4 is 7.52 Å². The third-order valence-electron chi connectivity index (χ3n) is 3.98. The van der Waals surface area contributed by atoms with E-state index in [1.165, 1.54) is 12.7 Å². The van der Waals surface area contributed by atoms with Crippen LogP contribution in [0.2, 0.25) is 0 Å². The minimum atomic E-state index is -2.79. The van der Waals surface area contributed by atoms with Crippen LogP contribution in [0, 0.1) is 0 Å². The molecule has 1 unspecified atom stereocenters. The van der Waals surface area contributed by atoms with E-state index in [1.54, 1.807) is 6.66 Å². The van der Waals surface area contributed by atoms with E-state index in [-0.39, 0.29) is 0 Å². The summed E-state index contributed by atoms with van der Waals surface area (Å²) in [5.74, 6) is 0. The number of rotatable bonds is 10. The molecule has 4 nitrogen and oxygen atoms in total. The summed E-state index contributed by atoms with van der Waals surface area (Å²) in [6.07, 6.45) is 4.10. The van der Waals surface area contributed by atoms with Gasteiger partial charge >= 0.3 is 0 Å². The summed E-state index contributed by atoms with van der Waals surface area (Å²) < 4.78 is 19.8. The lowest BCUT2D eigenvalue weighted by Crippen LogP contribution is -2.21. The van der Waals surface area contributed by atoms with Gasteiger partial charge in [-0.05, 0) is 11.1 Å². The summed E-state index contributed by atoms with van der Waals surface area (Å²) in [5.41, 5.74) is 2.39. The molecule has 5 heteroatoms. The first-order valence-electron chi connectivity index (χ1n) is 8.44. The van der Waals surface area contributed by atoms with E-state index in [4.69, 9.17) is 4.52 Å². The molecular weight excluding hydrogens is 331 g/mol. The highest BCUT2D eigenvalue weighted by Crippen LogP contribution is 2.46. The predicted octanol–water partition coefficient (Wildman–Crippen LogP) is 4.30. The average molecular weight is 358 g/mol. The standard InChI is InChI=1S/C20H27N2O2P/c1-24-25(2,23)22(18-20-13-7-4-8-14-20)16-10-9-15-21-17-19-11-5-3-6-12-19/h3-14,21H,15-18H2,1-2H3/b10-9-. The Labute approximate surface area is 151 Å². The largest absolute Gasteiger partial charge is 0.321 e. The maximum atomic E-state index is 12.6. The van der Waals surface area contributed by atoms with Gasteiger partial charge in [0.2, 0.25) is 0 Å². The molecule has 0 radical (unpaired) electrons. The molecule has 134 valence electrons. The molecule has 0 saturated carbocycles. The zero-order chi connectivity index (χ0) is 18.0. The Morgan fingerprint density at radius 1 is 1.00 bits per heavy atom. The lowest BCUT2D eigenvalue weighted by Gasteiger charge is -2.26. The Kier molecular flexibility index (Phi) is 8.10. The lowest BCUT2D eigenvalue weighted by molar-refractivity contribution is 0.318. The van der Waals surface area contributed by atoms with Crippen LogP contribution >= 0.6 is 7.52 Å². The fraction of sp³-hybridized carbons (Fsp3) is 0.300. The predicted molar refractivity (Wildman–Crippen MR) is 105 cm³/mol. The van der Waals surface area contributed by atoms with Gasteiger partial charge in [0.05, 0.1) is 0 Å². The van der Waals surface area contributed by atoms with Crippen molar-refractivity contribution in [2.45, 2.75) is 13.1 Å². The molecule has 0 aliphatic rings. The Hall–Kier alpha value is -1.71. The summed E-state index contributed by atoms with van der Waals surface area (Å²) in [5, 5.41) is 3.37. The molecule has 1 N–H and O–H groups in total. The molecule has 2 rings (SSSR count). The molecule has 0 saturated heterocycles. The van der Waals surface area contributed by atoms with Crippen molar-refractivity contribution in [3.63, 3.8) is 0 Å². The number of nitrogens with zero attached hydrogens (tertiary/aromatic N) is 1. The maximum Gasteiger partial charge on any atom is 0.269 e. The smallest absolute Gasteiger partial charge is 0.269 e. The minimum absolute atomic E-state index is 0.587. The fourth-order valence-electron chi connectivity index (χ4n) is 2.43. The molecule has 0 amide bonds. The van der Waals surface area contributed by atoms with Gasteiger partial charge in [0.15, 0.2) is 0 Å². The molecule has 0 aromatic heterocycles. The second-order valence-corrected chi connectivity index (χ2v) is 8.44. The van der Waals surface area contributed by atoms with Crippen LogP contribution in [0.3, 0.4) is 0 Å². The number of nitrogens with one attached hydrogen (secondary N) is 1. The number of hydrogen-bond acceptors (Lipinski definition) is 3. The summed E-state index contributed by atoms with van der Waals surface area (Å²) in [7, 11) is -1.29. The second-order valence-electron chi connectivity index (χ2n) is 5.91. The van der Waals surface area contributed by atoms with Gasteiger partial charge in [0.25, 0.3) is 7.52 Å². The van der Waals surface area contributed by atoms with Gasteiger partial charge in [-0.1, -0.05) is 72.8 Å². The van der Waals surface area contributed by atoms with Crippen molar-refractivity contribution in [3.05, 3.63) is 83.9 Å².